The first-order valence-corrected chi connectivity index (χ1v) is 10.8. The van der Waals surface area contributed by atoms with Crippen molar-refractivity contribution in [2.45, 2.75) is 19.9 Å². The van der Waals surface area contributed by atoms with Crippen LogP contribution in [0.5, 0.6) is 0 Å². The molecule has 0 fully saturated rings. The maximum absolute atomic E-state index is 12.8. The molecule has 0 saturated heterocycles. The fourth-order valence-corrected chi connectivity index (χ4v) is 3.56. The summed E-state index contributed by atoms with van der Waals surface area (Å²) in [5.41, 5.74) is 2.15. The van der Waals surface area contributed by atoms with E-state index in [1.807, 2.05) is 13.8 Å². The average Bonchev–Trinajstić information content (AvgIpc) is 3.30. The van der Waals surface area contributed by atoms with Gasteiger partial charge < -0.3 is 24.8 Å². The molecule has 3 aromatic rings. The number of benzene rings is 2. The van der Waals surface area contributed by atoms with Crippen LogP contribution in [0, 0.1) is 5.92 Å². The second-order valence-corrected chi connectivity index (χ2v) is 8.25. The van der Waals surface area contributed by atoms with E-state index in [1.54, 1.807) is 48.5 Å². The number of hydrogen-bond donors (Lipinski definition) is 2. The number of likely N-dealkylation sites (N-methyl/N-ethyl adjacent to an activating group) is 1. The third-order valence-electron chi connectivity index (χ3n) is 5.09. The molecule has 1 unspecified atom stereocenters. The highest BCUT2D eigenvalue weighted by Gasteiger charge is 2.32. The molecule has 1 atom stereocenters. The van der Waals surface area contributed by atoms with Gasteiger partial charge in [-0.05, 0) is 30.2 Å². The number of halogens is 1. The lowest BCUT2D eigenvalue weighted by Gasteiger charge is -2.27. The van der Waals surface area contributed by atoms with Crippen LogP contribution in [0.2, 0.25) is 5.02 Å². The SMILES string of the molecule is COC(=O)C(C(C)C)N(C)C(=O)c1cc(-c2ccc(NC(=O)Nc3ccccc3Cl)cc2)no1. The smallest absolute Gasteiger partial charge is 0.328 e. The lowest BCUT2D eigenvalue weighted by molar-refractivity contribution is -0.147. The summed E-state index contributed by atoms with van der Waals surface area (Å²) < 4.78 is 10.0. The number of nitrogens with zero attached hydrogens (tertiary/aromatic N) is 2. The Bertz CT molecular complexity index is 1180. The van der Waals surface area contributed by atoms with Gasteiger partial charge in [-0.3, -0.25) is 4.79 Å². The lowest BCUT2D eigenvalue weighted by Crippen LogP contribution is -2.46. The van der Waals surface area contributed by atoms with Crippen LogP contribution in [0.4, 0.5) is 16.2 Å². The summed E-state index contributed by atoms with van der Waals surface area (Å²) in [5.74, 6) is -1.16. The maximum Gasteiger partial charge on any atom is 0.328 e. The summed E-state index contributed by atoms with van der Waals surface area (Å²) in [7, 11) is 2.79. The second kappa shape index (κ2) is 10.8. The van der Waals surface area contributed by atoms with Crippen molar-refractivity contribution in [2.75, 3.05) is 24.8 Å². The first-order valence-electron chi connectivity index (χ1n) is 10.5. The van der Waals surface area contributed by atoms with Crippen molar-refractivity contribution in [1.82, 2.24) is 10.1 Å². The Morgan fingerprint density at radius 3 is 2.35 bits per heavy atom. The van der Waals surface area contributed by atoms with E-state index in [2.05, 4.69) is 15.8 Å². The van der Waals surface area contributed by atoms with Gasteiger partial charge >= 0.3 is 12.0 Å². The fraction of sp³-hybridized carbons (Fsp3) is 0.250. The van der Waals surface area contributed by atoms with Crippen molar-refractivity contribution in [2.24, 2.45) is 5.92 Å². The van der Waals surface area contributed by atoms with Crippen LogP contribution in [0.1, 0.15) is 24.4 Å². The second-order valence-electron chi connectivity index (χ2n) is 7.84. The monoisotopic (exact) mass is 484 g/mol. The third kappa shape index (κ3) is 5.74. The van der Waals surface area contributed by atoms with Gasteiger partial charge in [0.15, 0.2) is 0 Å². The van der Waals surface area contributed by atoms with Gasteiger partial charge in [0.2, 0.25) is 5.76 Å². The molecule has 0 bridgehead atoms. The molecule has 0 saturated carbocycles. The predicted molar refractivity (Wildman–Crippen MR) is 129 cm³/mol. The Hall–Kier alpha value is -3.85. The Kier molecular flexibility index (Phi) is 7.91. The Labute approximate surface area is 202 Å². The van der Waals surface area contributed by atoms with Crippen molar-refractivity contribution in [1.29, 1.82) is 0 Å². The van der Waals surface area contributed by atoms with E-state index in [-0.39, 0.29) is 11.7 Å². The molecular weight excluding hydrogens is 460 g/mol. The van der Waals surface area contributed by atoms with Gasteiger partial charge in [-0.2, -0.15) is 0 Å². The highest BCUT2D eigenvalue weighted by molar-refractivity contribution is 6.33. The van der Waals surface area contributed by atoms with Gasteiger partial charge in [-0.1, -0.05) is 54.9 Å². The molecule has 1 heterocycles. The lowest BCUT2D eigenvalue weighted by atomic mass is 10.0. The van der Waals surface area contributed by atoms with E-state index in [4.69, 9.17) is 20.9 Å². The zero-order chi connectivity index (χ0) is 24.8. The zero-order valence-electron chi connectivity index (χ0n) is 19.2. The summed E-state index contributed by atoms with van der Waals surface area (Å²) in [6.07, 6.45) is 0. The van der Waals surface area contributed by atoms with Crippen LogP contribution in [0.25, 0.3) is 11.3 Å². The van der Waals surface area contributed by atoms with Crippen LogP contribution >= 0.6 is 11.6 Å². The van der Waals surface area contributed by atoms with Crippen molar-refractivity contribution < 1.29 is 23.6 Å². The summed E-state index contributed by atoms with van der Waals surface area (Å²) in [6.45, 7) is 3.64. The highest BCUT2D eigenvalue weighted by atomic mass is 35.5. The van der Waals surface area contributed by atoms with Gasteiger partial charge in [-0.25, -0.2) is 9.59 Å². The topological polar surface area (TPSA) is 114 Å². The number of nitrogens with one attached hydrogen (secondary N) is 2. The molecule has 0 aliphatic carbocycles. The molecule has 0 radical (unpaired) electrons. The van der Waals surface area contributed by atoms with Crippen LogP contribution < -0.4 is 10.6 Å². The molecule has 2 aromatic carbocycles. The summed E-state index contributed by atoms with van der Waals surface area (Å²) in [4.78, 5) is 38.4. The molecule has 34 heavy (non-hydrogen) atoms. The van der Waals surface area contributed by atoms with E-state index in [1.165, 1.54) is 25.1 Å². The Morgan fingerprint density at radius 1 is 1.06 bits per heavy atom. The van der Waals surface area contributed by atoms with Gasteiger partial charge in [-0.15, -0.1) is 0 Å². The Morgan fingerprint density at radius 2 is 1.74 bits per heavy atom. The molecule has 0 spiro atoms. The number of methoxy groups -OCH3 is 1. The Balaban J connectivity index is 1.67. The molecule has 2 N–H and O–H groups in total. The van der Waals surface area contributed by atoms with Crippen molar-refractivity contribution in [3.63, 3.8) is 0 Å². The number of aromatic nitrogens is 1. The predicted octanol–water partition coefficient (Wildman–Crippen LogP) is 4.91. The minimum atomic E-state index is -0.756. The van der Waals surface area contributed by atoms with Crippen LogP contribution in [-0.2, 0) is 9.53 Å². The average molecular weight is 485 g/mol. The number of anilines is 2. The highest BCUT2D eigenvalue weighted by Crippen LogP contribution is 2.24. The van der Waals surface area contributed by atoms with Crippen molar-refractivity contribution >= 4 is 40.9 Å². The van der Waals surface area contributed by atoms with E-state index < -0.39 is 23.9 Å². The standard InChI is InChI=1S/C24H25ClN4O5/c1-14(2)21(23(31)33-4)29(3)22(30)20-13-19(28-34-20)15-9-11-16(12-10-15)26-24(32)27-18-8-6-5-7-17(18)25/h5-14,21H,1-4H3,(H2,26,27,32). The van der Waals surface area contributed by atoms with E-state index >= 15 is 0 Å². The minimum absolute atomic E-state index is 0.00614. The molecular formula is C24H25ClN4O5. The van der Waals surface area contributed by atoms with Gasteiger partial charge in [0.1, 0.15) is 11.7 Å². The normalized spacial score (nSPS) is 11.6. The molecule has 3 amide bonds. The van der Waals surface area contributed by atoms with E-state index in [0.29, 0.717) is 27.7 Å². The van der Waals surface area contributed by atoms with Crippen LogP contribution in [0.15, 0.2) is 59.1 Å². The molecule has 3 rings (SSSR count). The van der Waals surface area contributed by atoms with Gasteiger partial charge in [0.25, 0.3) is 5.91 Å². The number of urea groups is 1. The number of ether oxygens (including phenoxy) is 1. The molecule has 1 aromatic heterocycles. The molecule has 0 aliphatic rings. The number of para-hydroxylation sites is 1. The van der Waals surface area contributed by atoms with E-state index in [9.17, 15) is 14.4 Å². The first-order chi connectivity index (χ1) is 16.2. The van der Waals surface area contributed by atoms with Gasteiger partial charge in [0.05, 0.1) is 17.8 Å². The van der Waals surface area contributed by atoms with Gasteiger partial charge in [0, 0.05) is 24.4 Å². The third-order valence-corrected chi connectivity index (χ3v) is 5.42. The molecule has 178 valence electrons. The fourth-order valence-electron chi connectivity index (χ4n) is 3.38. The summed E-state index contributed by atoms with van der Waals surface area (Å²) >= 11 is 6.05. The molecule has 9 nitrogen and oxygen atoms in total. The van der Waals surface area contributed by atoms with Crippen molar-refractivity contribution in [3.8, 4) is 11.3 Å². The molecule has 0 aliphatic heterocycles. The largest absolute Gasteiger partial charge is 0.467 e. The number of rotatable bonds is 7. The maximum atomic E-state index is 12.8. The minimum Gasteiger partial charge on any atom is -0.467 e. The first kappa shape index (κ1) is 24.8. The quantitative estimate of drug-likeness (QED) is 0.460. The summed E-state index contributed by atoms with van der Waals surface area (Å²) in [5, 5.41) is 9.79. The number of hydrogen-bond acceptors (Lipinski definition) is 6. The summed E-state index contributed by atoms with van der Waals surface area (Å²) in [6, 6.07) is 14.1. The van der Waals surface area contributed by atoms with Crippen LogP contribution in [-0.4, -0.2) is 48.2 Å². The van der Waals surface area contributed by atoms with Crippen LogP contribution in [0.3, 0.4) is 0 Å². The number of esters is 1. The zero-order valence-corrected chi connectivity index (χ0v) is 19.9. The number of amides is 3. The number of carbonyl (C=O) groups excluding carboxylic acids is 3. The van der Waals surface area contributed by atoms with E-state index in [0.717, 1.165) is 0 Å². The number of carbonyl (C=O) groups is 3. The van der Waals surface area contributed by atoms with Crippen molar-refractivity contribution in [3.05, 3.63) is 65.4 Å². The molecule has 10 heteroatoms.